The maximum absolute atomic E-state index is 12.2. The van der Waals surface area contributed by atoms with E-state index in [4.69, 9.17) is 5.11 Å². The van der Waals surface area contributed by atoms with Crippen molar-refractivity contribution in [2.75, 3.05) is 0 Å². The van der Waals surface area contributed by atoms with Crippen molar-refractivity contribution >= 4 is 5.97 Å². The summed E-state index contributed by atoms with van der Waals surface area (Å²) in [6, 6.07) is 9.27. The van der Waals surface area contributed by atoms with Crippen LogP contribution < -0.4 is 5.56 Å². The van der Waals surface area contributed by atoms with Gasteiger partial charge in [0.1, 0.15) is 5.75 Å². The highest BCUT2D eigenvalue weighted by molar-refractivity contribution is 5.90. The maximum Gasteiger partial charge on any atom is 0.345 e. The Balaban J connectivity index is 2.65. The number of pyridine rings is 1. The van der Waals surface area contributed by atoms with Crippen LogP contribution in [0.15, 0.2) is 35.1 Å². The lowest BCUT2D eigenvalue weighted by molar-refractivity contribution is 0.0690. The van der Waals surface area contributed by atoms with Crippen LogP contribution in [0.4, 0.5) is 0 Å². The van der Waals surface area contributed by atoms with Crippen molar-refractivity contribution in [3.8, 4) is 5.75 Å². The van der Waals surface area contributed by atoms with Crippen molar-refractivity contribution in [2.45, 2.75) is 20.4 Å². The normalized spacial score (nSPS) is 10.5. The molecule has 0 saturated heterocycles. The van der Waals surface area contributed by atoms with E-state index in [1.165, 1.54) is 4.57 Å². The lowest BCUT2D eigenvalue weighted by Crippen LogP contribution is -2.29. The maximum atomic E-state index is 12.2. The number of aromatic carboxylic acids is 1. The summed E-state index contributed by atoms with van der Waals surface area (Å²) in [5.74, 6) is -1.87. The zero-order chi connectivity index (χ0) is 14.9. The molecular weight excluding hydrogens is 258 g/mol. The van der Waals surface area contributed by atoms with Crippen LogP contribution in [0.2, 0.25) is 0 Å². The van der Waals surface area contributed by atoms with E-state index < -0.39 is 22.8 Å². The third-order valence-corrected chi connectivity index (χ3v) is 3.40. The molecular formula is C15H15NO4. The Bertz CT molecular complexity index is 717. The Hall–Kier alpha value is -2.56. The minimum atomic E-state index is -1.42. The van der Waals surface area contributed by atoms with Crippen LogP contribution in [0.5, 0.6) is 5.75 Å². The number of hydrogen-bond acceptors (Lipinski definition) is 3. The second-order valence-corrected chi connectivity index (χ2v) is 4.62. The molecule has 0 atom stereocenters. The summed E-state index contributed by atoms with van der Waals surface area (Å²) < 4.78 is 1.37. The van der Waals surface area contributed by atoms with Gasteiger partial charge in [-0.1, -0.05) is 30.3 Å². The van der Waals surface area contributed by atoms with Crippen molar-refractivity contribution in [1.82, 2.24) is 4.57 Å². The van der Waals surface area contributed by atoms with Crippen LogP contribution in [0.1, 0.15) is 27.2 Å². The largest absolute Gasteiger partial charge is 0.506 e. The Morgan fingerprint density at radius 2 is 1.80 bits per heavy atom. The van der Waals surface area contributed by atoms with E-state index in [9.17, 15) is 14.7 Å². The van der Waals surface area contributed by atoms with Crippen LogP contribution in [0, 0.1) is 13.8 Å². The molecule has 0 aliphatic heterocycles. The fraction of sp³-hybridized carbons (Fsp3) is 0.200. The van der Waals surface area contributed by atoms with Gasteiger partial charge in [-0.05, 0) is 19.4 Å². The zero-order valence-corrected chi connectivity index (χ0v) is 11.3. The first kappa shape index (κ1) is 13.9. The molecule has 0 unspecified atom stereocenters. The molecule has 5 nitrogen and oxygen atoms in total. The van der Waals surface area contributed by atoms with Gasteiger partial charge < -0.3 is 14.8 Å². The second kappa shape index (κ2) is 5.21. The Morgan fingerprint density at radius 1 is 1.20 bits per heavy atom. The average molecular weight is 273 g/mol. The van der Waals surface area contributed by atoms with E-state index in [0.717, 1.165) is 5.56 Å². The summed E-state index contributed by atoms with van der Waals surface area (Å²) in [4.78, 5) is 23.4. The van der Waals surface area contributed by atoms with E-state index in [2.05, 4.69) is 0 Å². The number of rotatable bonds is 3. The molecule has 1 aromatic carbocycles. The highest BCUT2D eigenvalue weighted by Gasteiger charge is 2.21. The average Bonchev–Trinajstić information content (AvgIpc) is 2.42. The second-order valence-electron chi connectivity index (χ2n) is 4.62. The fourth-order valence-corrected chi connectivity index (χ4v) is 2.10. The molecule has 0 fully saturated rings. The molecule has 0 radical (unpaired) electrons. The summed E-state index contributed by atoms with van der Waals surface area (Å²) in [7, 11) is 0. The molecule has 0 spiro atoms. The topological polar surface area (TPSA) is 79.5 Å². The number of aromatic hydroxyl groups is 1. The van der Waals surface area contributed by atoms with Gasteiger partial charge >= 0.3 is 5.97 Å². The summed E-state index contributed by atoms with van der Waals surface area (Å²) in [5.41, 5.74) is 0.574. The van der Waals surface area contributed by atoms with Gasteiger partial charge in [-0.3, -0.25) is 4.79 Å². The van der Waals surface area contributed by atoms with Gasteiger partial charge in [0.2, 0.25) is 0 Å². The van der Waals surface area contributed by atoms with Crippen LogP contribution >= 0.6 is 0 Å². The Labute approximate surface area is 115 Å². The fourth-order valence-electron chi connectivity index (χ4n) is 2.10. The molecule has 1 aromatic heterocycles. The predicted octanol–water partition coefficient (Wildman–Crippen LogP) is 1.92. The number of aromatic nitrogens is 1. The first-order valence-corrected chi connectivity index (χ1v) is 6.13. The molecule has 0 aliphatic rings. The van der Waals surface area contributed by atoms with Crippen LogP contribution in [0.3, 0.4) is 0 Å². The quantitative estimate of drug-likeness (QED) is 0.895. The molecule has 2 rings (SSSR count). The van der Waals surface area contributed by atoms with Gasteiger partial charge in [0.25, 0.3) is 5.56 Å². The van der Waals surface area contributed by atoms with E-state index in [0.29, 0.717) is 11.3 Å². The minimum Gasteiger partial charge on any atom is -0.506 e. The van der Waals surface area contributed by atoms with E-state index in [1.54, 1.807) is 13.8 Å². The molecule has 1 heterocycles. The van der Waals surface area contributed by atoms with Gasteiger partial charge in [-0.15, -0.1) is 0 Å². The van der Waals surface area contributed by atoms with Crippen LogP contribution in [-0.4, -0.2) is 20.7 Å². The number of hydrogen-bond donors (Lipinski definition) is 2. The first-order chi connectivity index (χ1) is 9.43. The number of benzene rings is 1. The number of carboxylic acids is 1. The molecule has 0 saturated carbocycles. The third kappa shape index (κ3) is 2.30. The highest BCUT2D eigenvalue weighted by Crippen LogP contribution is 2.22. The summed E-state index contributed by atoms with van der Waals surface area (Å²) >= 11 is 0. The molecule has 2 N–H and O–H groups in total. The van der Waals surface area contributed by atoms with Gasteiger partial charge in [-0.25, -0.2) is 4.79 Å². The highest BCUT2D eigenvalue weighted by atomic mass is 16.4. The first-order valence-electron chi connectivity index (χ1n) is 6.13. The summed E-state index contributed by atoms with van der Waals surface area (Å²) in [6.45, 7) is 3.55. The monoisotopic (exact) mass is 273 g/mol. The van der Waals surface area contributed by atoms with Gasteiger partial charge in [0, 0.05) is 11.3 Å². The Morgan fingerprint density at radius 3 is 2.35 bits per heavy atom. The molecule has 0 aliphatic carbocycles. The lowest BCUT2D eigenvalue weighted by Gasteiger charge is -2.15. The Kier molecular flexibility index (Phi) is 3.61. The van der Waals surface area contributed by atoms with Crippen molar-refractivity contribution in [1.29, 1.82) is 0 Å². The minimum absolute atomic E-state index is 0.271. The summed E-state index contributed by atoms with van der Waals surface area (Å²) in [5, 5.41) is 18.9. The molecule has 0 amide bonds. The molecule has 0 bridgehead atoms. The van der Waals surface area contributed by atoms with Crippen molar-refractivity contribution < 1.29 is 15.0 Å². The zero-order valence-electron chi connectivity index (χ0n) is 11.3. The molecule has 5 heteroatoms. The van der Waals surface area contributed by atoms with Crippen LogP contribution in [-0.2, 0) is 6.54 Å². The standard InChI is InChI=1S/C15H15NO4/c1-9-10(2)16(8-11-6-4-3-5-7-11)14(18)12(13(9)17)15(19)20/h3-7,17H,8H2,1-2H3,(H,19,20). The lowest BCUT2D eigenvalue weighted by atomic mass is 10.1. The van der Waals surface area contributed by atoms with Crippen molar-refractivity contribution in [2.24, 2.45) is 0 Å². The van der Waals surface area contributed by atoms with E-state index >= 15 is 0 Å². The van der Waals surface area contributed by atoms with Crippen molar-refractivity contribution in [3.63, 3.8) is 0 Å². The van der Waals surface area contributed by atoms with Gasteiger partial charge in [-0.2, -0.15) is 0 Å². The van der Waals surface area contributed by atoms with Gasteiger partial charge in [0.05, 0.1) is 6.54 Å². The number of nitrogens with zero attached hydrogens (tertiary/aromatic N) is 1. The van der Waals surface area contributed by atoms with Crippen molar-refractivity contribution in [3.05, 3.63) is 63.1 Å². The predicted molar refractivity (Wildman–Crippen MR) is 74.3 cm³/mol. The summed E-state index contributed by atoms with van der Waals surface area (Å²) in [6.07, 6.45) is 0. The van der Waals surface area contributed by atoms with E-state index in [1.807, 2.05) is 30.3 Å². The SMILES string of the molecule is Cc1c(O)c(C(=O)O)c(=O)n(Cc2ccccc2)c1C. The number of carbonyl (C=O) groups is 1. The molecule has 104 valence electrons. The molecule has 2 aromatic rings. The van der Waals surface area contributed by atoms with Gasteiger partial charge in [0.15, 0.2) is 5.56 Å². The molecule has 20 heavy (non-hydrogen) atoms. The number of carboxylic acid groups (broad SMARTS) is 1. The third-order valence-electron chi connectivity index (χ3n) is 3.40. The van der Waals surface area contributed by atoms with Crippen LogP contribution in [0.25, 0.3) is 0 Å². The van der Waals surface area contributed by atoms with E-state index in [-0.39, 0.29) is 6.54 Å². The smallest absolute Gasteiger partial charge is 0.345 e.